The molecule has 1 saturated heterocycles. The van der Waals surface area contributed by atoms with Gasteiger partial charge < -0.3 is 15.5 Å². The van der Waals surface area contributed by atoms with Gasteiger partial charge in [-0.25, -0.2) is 9.97 Å². The van der Waals surface area contributed by atoms with E-state index in [1.807, 2.05) is 0 Å². The molecule has 1 fully saturated rings. The van der Waals surface area contributed by atoms with Crippen molar-refractivity contribution in [2.45, 2.75) is 25.8 Å². The third-order valence-electron chi connectivity index (χ3n) is 4.27. The van der Waals surface area contributed by atoms with Crippen LogP contribution in [0.5, 0.6) is 0 Å². The summed E-state index contributed by atoms with van der Waals surface area (Å²) >= 11 is 0. The Bertz CT molecular complexity index is 426. The van der Waals surface area contributed by atoms with Crippen LogP contribution in [0.1, 0.15) is 24.1 Å². The van der Waals surface area contributed by atoms with Gasteiger partial charge in [0.2, 0.25) is 0 Å². The fourth-order valence-corrected chi connectivity index (χ4v) is 2.93. The van der Waals surface area contributed by atoms with Gasteiger partial charge in [0.05, 0.1) is 5.69 Å². The number of piperidine rings is 1. The van der Waals surface area contributed by atoms with E-state index in [9.17, 15) is 0 Å². The van der Waals surface area contributed by atoms with Crippen LogP contribution < -0.4 is 10.6 Å². The summed E-state index contributed by atoms with van der Waals surface area (Å²) in [6, 6.07) is 0. The molecule has 1 aromatic rings. The van der Waals surface area contributed by atoms with Gasteiger partial charge in [-0.3, -0.25) is 0 Å². The molecule has 3 heterocycles. The predicted molar refractivity (Wildman–Crippen MR) is 76.2 cm³/mol. The highest BCUT2D eigenvalue weighted by Gasteiger charge is 2.18. The summed E-state index contributed by atoms with van der Waals surface area (Å²) in [5.41, 5.74) is 2.47. The minimum Gasteiger partial charge on any atom is -0.369 e. The Labute approximate surface area is 114 Å². The van der Waals surface area contributed by atoms with Crippen molar-refractivity contribution in [1.29, 1.82) is 0 Å². The maximum Gasteiger partial charge on any atom is 0.134 e. The van der Waals surface area contributed by atoms with Crippen LogP contribution in [0.2, 0.25) is 0 Å². The summed E-state index contributed by atoms with van der Waals surface area (Å²) in [7, 11) is 2.20. The number of rotatable bonds is 3. The number of aromatic nitrogens is 2. The highest BCUT2D eigenvalue weighted by molar-refractivity contribution is 5.46. The quantitative estimate of drug-likeness (QED) is 0.846. The molecule has 0 aromatic carbocycles. The lowest BCUT2D eigenvalue weighted by molar-refractivity contribution is 0.226. The van der Waals surface area contributed by atoms with Crippen molar-refractivity contribution in [3.8, 4) is 0 Å². The molecule has 3 rings (SSSR count). The monoisotopic (exact) mass is 261 g/mol. The van der Waals surface area contributed by atoms with Gasteiger partial charge in [-0.1, -0.05) is 0 Å². The molecule has 0 spiro atoms. The Morgan fingerprint density at radius 3 is 3.05 bits per heavy atom. The lowest BCUT2D eigenvalue weighted by atomic mass is 9.97. The van der Waals surface area contributed by atoms with Crippen molar-refractivity contribution < 1.29 is 0 Å². The molecule has 1 aromatic heterocycles. The second-order valence-electron chi connectivity index (χ2n) is 5.70. The van der Waals surface area contributed by atoms with Crippen LogP contribution in [0.25, 0.3) is 0 Å². The van der Waals surface area contributed by atoms with E-state index in [1.54, 1.807) is 6.33 Å². The number of hydrogen-bond donors (Lipinski definition) is 2. The summed E-state index contributed by atoms with van der Waals surface area (Å²) in [6.45, 7) is 5.40. The summed E-state index contributed by atoms with van der Waals surface area (Å²) < 4.78 is 0. The molecule has 19 heavy (non-hydrogen) atoms. The van der Waals surface area contributed by atoms with Crippen LogP contribution in [0, 0.1) is 5.92 Å². The van der Waals surface area contributed by atoms with Gasteiger partial charge >= 0.3 is 0 Å². The number of anilines is 1. The van der Waals surface area contributed by atoms with Crippen LogP contribution in [0.15, 0.2) is 6.33 Å². The second kappa shape index (κ2) is 5.84. The van der Waals surface area contributed by atoms with E-state index < -0.39 is 0 Å². The van der Waals surface area contributed by atoms with E-state index in [0.717, 1.165) is 37.8 Å². The normalized spacial score (nSPS) is 21.1. The fourth-order valence-electron chi connectivity index (χ4n) is 2.93. The Kier molecular flexibility index (Phi) is 3.94. The molecular weight excluding hydrogens is 238 g/mol. The minimum absolute atomic E-state index is 0.776. The molecule has 5 nitrogen and oxygen atoms in total. The van der Waals surface area contributed by atoms with Crippen LogP contribution in [0.4, 0.5) is 5.82 Å². The zero-order valence-corrected chi connectivity index (χ0v) is 11.7. The van der Waals surface area contributed by atoms with Crippen molar-refractivity contribution in [2.24, 2.45) is 5.92 Å². The van der Waals surface area contributed by atoms with Gasteiger partial charge in [-0.05, 0) is 38.9 Å². The predicted octanol–water partition coefficient (Wildman–Crippen LogP) is 0.876. The Morgan fingerprint density at radius 2 is 2.21 bits per heavy atom. The maximum atomic E-state index is 4.42. The van der Waals surface area contributed by atoms with Gasteiger partial charge in [-0.15, -0.1) is 0 Å². The summed E-state index contributed by atoms with van der Waals surface area (Å²) in [6.07, 6.45) is 5.28. The van der Waals surface area contributed by atoms with Crippen molar-refractivity contribution in [3.05, 3.63) is 17.6 Å². The van der Waals surface area contributed by atoms with E-state index in [0.29, 0.717) is 0 Å². The Morgan fingerprint density at radius 1 is 1.37 bits per heavy atom. The largest absolute Gasteiger partial charge is 0.369 e. The molecule has 0 saturated carbocycles. The third kappa shape index (κ3) is 3.04. The van der Waals surface area contributed by atoms with E-state index in [-0.39, 0.29) is 0 Å². The van der Waals surface area contributed by atoms with Crippen molar-refractivity contribution in [3.63, 3.8) is 0 Å². The van der Waals surface area contributed by atoms with Crippen LogP contribution in [-0.4, -0.2) is 48.1 Å². The van der Waals surface area contributed by atoms with Gasteiger partial charge in [0.1, 0.15) is 12.1 Å². The molecule has 5 heteroatoms. The summed E-state index contributed by atoms with van der Waals surface area (Å²) in [5.74, 6) is 1.81. The molecule has 0 unspecified atom stereocenters. The lowest BCUT2D eigenvalue weighted by Gasteiger charge is -2.29. The molecule has 104 valence electrons. The average Bonchev–Trinajstić information content (AvgIpc) is 2.47. The number of fused-ring (bicyclic) bond motifs is 1. The van der Waals surface area contributed by atoms with Crippen LogP contribution in [0.3, 0.4) is 0 Å². The standard InChI is InChI=1S/C14H23N5/c1-19-6-3-11(4-7-19)8-16-14-12-9-15-5-2-13(12)17-10-18-14/h10-11,15H,2-9H2,1H3,(H,16,17,18). The van der Waals surface area contributed by atoms with E-state index in [1.165, 1.54) is 37.2 Å². The second-order valence-corrected chi connectivity index (χ2v) is 5.70. The molecular formula is C14H23N5. The molecule has 0 atom stereocenters. The number of likely N-dealkylation sites (tertiary alicyclic amines) is 1. The molecule has 2 aliphatic heterocycles. The molecule has 2 N–H and O–H groups in total. The van der Waals surface area contributed by atoms with Crippen molar-refractivity contribution >= 4 is 5.82 Å². The Hall–Kier alpha value is -1.20. The lowest BCUT2D eigenvalue weighted by Crippen LogP contribution is -2.33. The Balaban J connectivity index is 1.61. The number of nitrogens with zero attached hydrogens (tertiary/aromatic N) is 3. The highest BCUT2D eigenvalue weighted by atomic mass is 15.1. The van der Waals surface area contributed by atoms with Gasteiger partial charge in [0, 0.05) is 31.6 Å². The van der Waals surface area contributed by atoms with Crippen LogP contribution in [-0.2, 0) is 13.0 Å². The fraction of sp³-hybridized carbons (Fsp3) is 0.714. The molecule has 0 amide bonds. The van der Waals surface area contributed by atoms with E-state index in [4.69, 9.17) is 0 Å². The maximum absolute atomic E-state index is 4.42. The van der Waals surface area contributed by atoms with Gasteiger partial charge in [0.15, 0.2) is 0 Å². The highest BCUT2D eigenvalue weighted by Crippen LogP contribution is 2.21. The van der Waals surface area contributed by atoms with Gasteiger partial charge in [0.25, 0.3) is 0 Å². The van der Waals surface area contributed by atoms with E-state index >= 15 is 0 Å². The smallest absolute Gasteiger partial charge is 0.134 e. The first-order valence-electron chi connectivity index (χ1n) is 7.29. The first kappa shape index (κ1) is 12.8. The topological polar surface area (TPSA) is 53.1 Å². The first-order chi connectivity index (χ1) is 9.33. The SMILES string of the molecule is CN1CCC(CNc2ncnc3c2CNCC3)CC1. The number of nitrogens with one attached hydrogen (secondary N) is 2. The van der Waals surface area contributed by atoms with Gasteiger partial charge in [-0.2, -0.15) is 0 Å². The van der Waals surface area contributed by atoms with E-state index in [2.05, 4.69) is 32.5 Å². The zero-order valence-electron chi connectivity index (χ0n) is 11.7. The minimum atomic E-state index is 0.776. The summed E-state index contributed by atoms with van der Waals surface area (Å²) in [4.78, 5) is 11.2. The molecule has 0 radical (unpaired) electrons. The first-order valence-corrected chi connectivity index (χ1v) is 7.29. The average molecular weight is 261 g/mol. The molecule has 0 aliphatic carbocycles. The summed E-state index contributed by atoms with van der Waals surface area (Å²) in [5, 5.41) is 6.95. The molecule has 0 bridgehead atoms. The van der Waals surface area contributed by atoms with Crippen LogP contribution >= 0.6 is 0 Å². The molecule has 2 aliphatic rings. The third-order valence-corrected chi connectivity index (χ3v) is 4.27. The zero-order chi connectivity index (χ0) is 13.1. The number of hydrogen-bond acceptors (Lipinski definition) is 5. The van der Waals surface area contributed by atoms with Crippen molar-refractivity contribution in [2.75, 3.05) is 38.5 Å². The van der Waals surface area contributed by atoms with Crippen molar-refractivity contribution in [1.82, 2.24) is 20.2 Å².